The number of aryl methyl sites for hydroxylation is 2. The van der Waals surface area contributed by atoms with Crippen LogP contribution in [0.5, 0.6) is 0 Å². The molecule has 1 amide bonds. The first-order valence-corrected chi connectivity index (χ1v) is 8.87. The molecule has 0 spiro atoms. The van der Waals surface area contributed by atoms with Gasteiger partial charge in [0.2, 0.25) is 0 Å². The number of carbonyl (C=O) groups is 1. The van der Waals surface area contributed by atoms with E-state index in [9.17, 15) is 9.59 Å². The molecule has 1 N–H and O–H groups in total. The largest absolute Gasteiger partial charge is 0.349 e. The SMILES string of the molecule is CCCn1ccc2sc(C)c(C(=O)NC3CCCC3)c2c1=O. The molecule has 1 fully saturated rings. The van der Waals surface area contributed by atoms with Crippen molar-refractivity contribution in [3.8, 4) is 0 Å². The number of thiophene rings is 1. The van der Waals surface area contributed by atoms with Crippen LogP contribution in [-0.4, -0.2) is 16.5 Å². The van der Waals surface area contributed by atoms with E-state index in [1.807, 2.05) is 26.1 Å². The van der Waals surface area contributed by atoms with Crippen LogP contribution in [0.1, 0.15) is 54.3 Å². The Balaban J connectivity index is 2.03. The summed E-state index contributed by atoms with van der Waals surface area (Å²) < 4.78 is 2.62. The first-order chi connectivity index (χ1) is 10.6. The van der Waals surface area contributed by atoms with Gasteiger partial charge in [0.15, 0.2) is 0 Å². The molecule has 22 heavy (non-hydrogen) atoms. The van der Waals surface area contributed by atoms with Crippen LogP contribution in [0.15, 0.2) is 17.1 Å². The maximum absolute atomic E-state index is 12.7. The molecule has 0 unspecified atom stereocenters. The predicted octanol–water partition coefficient (Wildman–Crippen LogP) is 3.45. The molecule has 1 aliphatic rings. The van der Waals surface area contributed by atoms with E-state index in [0.29, 0.717) is 17.5 Å². The monoisotopic (exact) mass is 318 g/mol. The molecule has 0 bridgehead atoms. The van der Waals surface area contributed by atoms with Crippen LogP contribution in [0.2, 0.25) is 0 Å². The molecular formula is C17H22N2O2S. The van der Waals surface area contributed by atoms with E-state index in [1.165, 1.54) is 24.2 Å². The second-order valence-electron chi connectivity index (χ2n) is 6.04. The van der Waals surface area contributed by atoms with Crippen molar-refractivity contribution in [1.82, 2.24) is 9.88 Å². The lowest BCUT2D eigenvalue weighted by molar-refractivity contribution is 0.0939. The van der Waals surface area contributed by atoms with Crippen LogP contribution in [0.25, 0.3) is 10.1 Å². The molecule has 2 aromatic heterocycles. The van der Waals surface area contributed by atoms with Crippen molar-refractivity contribution in [2.75, 3.05) is 0 Å². The highest BCUT2D eigenvalue weighted by Gasteiger charge is 2.23. The van der Waals surface area contributed by atoms with Crippen molar-refractivity contribution in [3.63, 3.8) is 0 Å². The minimum Gasteiger partial charge on any atom is -0.349 e. The molecule has 2 aromatic rings. The average molecular weight is 318 g/mol. The number of amides is 1. The van der Waals surface area contributed by atoms with Gasteiger partial charge < -0.3 is 9.88 Å². The van der Waals surface area contributed by atoms with Crippen LogP contribution in [0, 0.1) is 6.92 Å². The highest BCUT2D eigenvalue weighted by molar-refractivity contribution is 7.19. The molecule has 3 rings (SSSR count). The number of nitrogens with zero attached hydrogens (tertiary/aromatic N) is 1. The molecule has 118 valence electrons. The molecule has 5 heteroatoms. The fourth-order valence-corrected chi connectivity index (χ4v) is 4.33. The molecule has 1 aliphatic carbocycles. The van der Waals surface area contributed by atoms with Gasteiger partial charge in [-0.25, -0.2) is 0 Å². The third-order valence-corrected chi connectivity index (χ3v) is 5.44. The maximum atomic E-state index is 12.7. The Morgan fingerprint density at radius 3 is 2.82 bits per heavy atom. The lowest BCUT2D eigenvalue weighted by Gasteiger charge is -2.12. The van der Waals surface area contributed by atoms with Gasteiger partial charge in [0.05, 0.1) is 10.9 Å². The summed E-state index contributed by atoms with van der Waals surface area (Å²) in [5, 5.41) is 3.70. The van der Waals surface area contributed by atoms with E-state index in [4.69, 9.17) is 0 Å². The number of hydrogen-bond acceptors (Lipinski definition) is 3. The summed E-state index contributed by atoms with van der Waals surface area (Å²) >= 11 is 1.53. The van der Waals surface area contributed by atoms with Crippen molar-refractivity contribution in [2.24, 2.45) is 0 Å². The standard InChI is InChI=1S/C17H22N2O2S/c1-3-9-19-10-8-13-15(17(19)21)14(11(2)22-13)16(20)18-12-6-4-5-7-12/h8,10,12H,3-7,9H2,1-2H3,(H,18,20). The quantitative estimate of drug-likeness (QED) is 0.938. The zero-order valence-electron chi connectivity index (χ0n) is 13.1. The zero-order chi connectivity index (χ0) is 15.7. The molecule has 2 heterocycles. The minimum absolute atomic E-state index is 0.0414. The molecule has 0 aliphatic heterocycles. The second kappa shape index (κ2) is 6.24. The summed E-state index contributed by atoms with van der Waals surface area (Å²) in [5.74, 6) is -0.0815. The number of pyridine rings is 1. The van der Waals surface area contributed by atoms with Gasteiger partial charge in [-0.3, -0.25) is 9.59 Å². The number of rotatable bonds is 4. The van der Waals surface area contributed by atoms with Gasteiger partial charge in [0.1, 0.15) is 0 Å². The lowest BCUT2D eigenvalue weighted by atomic mass is 10.1. The van der Waals surface area contributed by atoms with E-state index in [2.05, 4.69) is 5.32 Å². The Morgan fingerprint density at radius 2 is 2.14 bits per heavy atom. The smallest absolute Gasteiger partial charge is 0.260 e. The van der Waals surface area contributed by atoms with Crippen molar-refractivity contribution >= 4 is 27.3 Å². The molecule has 0 atom stereocenters. The summed E-state index contributed by atoms with van der Waals surface area (Å²) in [4.78, 5) is 26.3. The van der Waals surface area contributed by atoms with Gasteiger partial charge >= 0.3 is 0 Å². The number of nitrogens with one attached hydrogen (secondary N) is 1. The van der Waals surface area contributed by atoms with Gasteiger partial charge in [0.25, 0.3) is 11.5 Å². The summed E-state index contributed by atoms with van der Waals surface area (Å²) in [7, 11) is 0. The normalized spacial score (nSPS) is 15.5. The van der Waals surface area contributed by atoms with Crippen molar-refractivity contribution in [3.05, 3.63) is 33.1 Å². The van der Waals surface area contributed by atoms with Crippen LogP contribution < -0.4 is 10.9 Å². The fourth-order valence-electron chi connectivity index (χ4n) is 3.28. The molecule has 0 saturated heterocycles. The summed E-state index contributed by atoms with van der Waals surface area (Å²) in [5.41, 5.74) is 0.544. The van der Waals surface area contributed by atoms with Crippen molar-refractivity contribution < 1.29 is 4.79 Å². The summed E-state index contributed by atoms with van der Waals surface area (Å²) in [6, 6.07) is 2.22. The maximum Gasteiger partial charge on any atom is 0.260 e. The van der Waals surface area contributed by atoms with Gasteiger partial charge in [-0.05, 0) is 32.3 Å². The van der Waals surface area contributed by atoms with Gasteiger partial charge in [0, 0.05) is 28.4 Å². The van der Waals surface area contributed by atoms with Crippen molar-refractivity contribution in [1.29, 1.82) is 0 Å². The topological polar surface area (TPSA) is 51.1 Å². The van der Waals surface area contributed by atoms with E-state index < -0.39 is 0 Å². The summed E-state index contributed by atoms with van der Waals surface area (Å²) in [6.45, 7) is 4.66. The predicted molar refractivity (Wildman–Crippen MR) is 90.8 cm³/mol. The second-order valence-corrected chi connectivity index (χ2v) is 7.30. The Morgan fingerprint density at radius 1 is 1.41 bits per heavy atom. The third kappa shape index (κ3) is 2.70. The molecular weight excluding hydrogens is 296 g/mol. The van der Waals surface area contributed by atoms with Gasteiger partial charge in [-0.1, -0.05) is 19.8 Å². The van der Waals surface area contributed by atoms with E-state index in [-0.39, 0.29) is 17.5 Å². The van der Waals surface area contributed by atoms with Crippen LogP contribution >= 0.6 is 11.3 Å². The molecule has 4 nitrogen and oxygen atoms in total. The van der Waals surface area contributed by atoms with E-state index >= 15 is 0 Å². The third-order valence-electron chi connectivity index (χ3n) is 4.37. The van der Waals surface area contributed by atoms with Gasteiger partial charge in [-0.15, -0.1) is 11.3 Å². The molecule has 0 radical (unpaired) electrons. The number of fused-ring (bicyclic) bond motifs is 1. The first kappa shape index (κ1) is 15.3. The lowest BCUT2D eigenvalue weighted by Crippen LogP contribution is -2.33. The summed E-state index contributed by atoms with van der Waals surface area (Å²) in [6.07, 6.45) is 7.19. The average Bonchev–Trinajstić information content (AvgIpc) is 3.09. The van der Waals surface area contributed by atoms with Crippen LogP contribution in [0.4, 0.5) is 0 Å². The number of aromatic nitrogens is 1. The number of hydrogen-bond donors (Lipinski definition) is 1. The van der Waals surface area contributed by atoms with Crippen LogP contribution in [0.3, 0.4) is 0 Å². The van der Waals surface area contributed by atoms with Crippen LogP contribution in [-0.2, 0) is 6.54 Å². The van der Waals surface area contributed by atoms with E-state index in [0.717, 1.165) is 28.8 Å². The highest BCUT2D eigenvalue weighted by Crippen LogP contribution is 2.29. The Labute approximate surface area is 134 Å². The number of carbonyl (C=O) groups excluding carboxylic acids is 1. The Hall–Kier alpha value is -1.62. The zero-order valence-corrected chi connectivity index (χ0v) is 14.0. The fraction of sp³-hybridized carbons (Fsp3) is 0.529. The Kier molecular flexibility index (Phi) is 4.34. The van der Waals surface area contributed by atoms with Gasteiger partial charge in [-0.2, -0.15) is 0 Å². The molecule has 0 aromatic carbocycles. The van der Waals surface area contributed by atoms with E-state index in [1.54, 1.807) is 4.57 Å². The highest BCUT2D eigenvalue weighted by atomic mass is 32.1. The minimum atomic E-state index is -0.0815. The Bertz CT molecular complexity index is 754. The van der Waals surface area contributed by atoms with Crippen molar-refractivity contribution in [2.45, 2.75) is 58.5 Å². The first-order valence-electron chi connectivity index (χ1n) is 8.05. The molecule has 1 saturated carbocycles.